The lowest BCUT2D eigenvalue weighted by Crippen LogP contribution is -2.54. The molecule has 106 valence electrons. The number of rotatable bonds is 3. The molecule has 0 aromatic heterocycles. The summed E-state index contributed by atoms with van der Waals surface area (Å²) in [5.41, 5.74) is 0. The molecule has 2 N–H and O–H groups in total. The molecule has 3 unspecified atom stereocenters. The summed E-state index contributed by atoms with van der Waals surface area (Å²) in [6, 6.07) is -1.63. The van der Waals surface area contributed by atoms with Crippen LogP contribution in [0.5, 0.6) is 0 Å². The van der Waals surface area contributed by atoms with Gasteiger partial charge >= 0.3 is 6.18 Å². The van der Waals surface area contributed by atoms with Crippen LogP contribution >= 0.6 is 0 Å². The highest BCUT2D eigenvalue weighted by atomic mass is 19.4. The minimum atomic E-state index is -4.19. The normalized spacial score (nSPS) is 27.1. The van der Waals surface area contributed by atoms with Crippen LogP contribution in [0.15, 0.2) is 0 Å². The number of hydrogen-bond donors (Lipinski definition) is 2. The van der Waals surface area contributed by atoms with Gasteiger partial charge < -0.3 is 10.6 Å². The Morgan fingerprint density at radius 2 is 1.89 bits per heavy atom. The molecule has 3 atom stereocenters. The summed E-state index contributed by atoms with van der Waals surface area (Å²) in [5, 5.41) is 5.25. The molecule has 0 radical (unpaired) electrons. The molecule has 1 saturated heterocycles. The van der Waals surface area contributed by atoms with Crippen molar-refractivity contribution in [1.29, 1.82) is 0 Å². The van der Waals surface area contributed by atoms with Gasteiger partial charge in [-0.2, -0.15) is 13.2 Å². The second-order valence-corrected chi connectivity index (χ2v) is 5.32. The molecule has 0 aromatic carbocycles. The van der Waals surface area contributed by atoms with Crippen LogP contribution in [-0.2, 0) is 4.79 Å². The third-order valence-electron chi connectivity index (χ3n) is 3.57. The van der Waals surface area contributed by atoms with Crippen molar-refractivity contribution >= 4 is 5.91 Å². The van der Waals surface area contributed by atoms with Gasteiger partial charge in [0.2, 0.25) is 5.91 Å². The maximum atomic E-state index is 12.4. The Balaban J connectivity index is 2.38. The fourth-order valence-corrected chi connectivity index (χ4v) is 1.89. The van der Waals surface area contributed by atoms with E-state index in [1.54, 1.807) is 0 Å². The zero-order valence-electron chi connectivity index (χ0n) is 11.0. The lowest BCUT2D eigenvalue weighted by atomic mass is 9.95. The number of halogens is 3. The first kappa shape index (κ1) is 15.3. The number of piperidine rings is 1. The molecule has 3 nitrogen and oxygen atoms in total. The lowest BCUT2D eigenvalue weighted by Gasteiger charge is -2.32. The first-order valence-electron chi connectivity index (χ1n) is 6.32. The molecule has 1 aliphatic rings. The standard InChI is InChI=1S/C12H21F3N2O/c1-7(2)8(3)11(18)17-9-4-5-10(16-6-9)12(13,14)15/h7-10,16H,4-6H2,1-3H3,(H,17,18). The number of carbonyl (C=O) groups excluding carboxylic acids is 1. The second kappa shape index (κ2) is 5.91. The van der Waals surface area contributed by atoms with Gasteiger partial charge in [0.05, 0.1) is 0 Å². The fourth-order valence-electron chi connectivity index (χ4n) is 1.89. The van der Waals surface area contributed by atoms with Crippen molar-refractivity contribution in [2.45, 2.75) is 51.9 Å². The van der Waals surface area contributed by atoms with Crippen LogP contribution in [0.1, 0.15) is 33.6 Å². The average molecular weight is 266 g/mol. The summed E-state index contributed by atoms with van der Waals surface area (Å²) in [6.45, 7) is 5.90. The van der Waals surface area contributed by atoms with Crippen LogP contribution in [0, 0.1) is 11.8 Å². The molecule has 1 rings (SSSR count). The molecule has 0 saturated carbocycles. The quantitative estimate of drug-likeness (QED) is 0.821. The van der Waals surface area contributed by atoms with Gasteiger partial charge in [0.25, 0.3) is 0 Å². The number of amides is 1. The Kier molecular flexibility index (Phi) is 5.01. The number of alkyl halides is 3. The van der Waals surface area contributed by atoms with E-state index in [0.29, 0.717) is 6.42 Å². The van der Waals surface area contributed by atoms with Crippen molar-refractivity contribution in [3.8, 4) is 0 Å². The van der Waals surface area contributed by atoms with E-state index in [1.807, 2.05) is 20.8 Å². The molecular formula is C12H21F3N2O. The van der Waals surface area contributed by atoms with E-state index in [9.17, 15) is 18.0 Å². The van der Waals surface area contributed by atoms with Gasteiger partial charge in [-0.25, -0.2) is 0 Å². The predicted octanol–water partition coefficient (Wildman–Crippen LogP) is 2.08. The topological polar surface area (TPSA) is 41.1 Å². The van der Waals surface area contributed by atoms with Gasteiger partial charge in [0.1, 0.15) is 6.04 Å². The van der Waals surface area contributed by atoms with E-state index in [0.717, 1.165) is 0 Å². The predicted molar refractivity (Wildman–Crippen MR) is 63.0 cm³/mol. The van der Waals surface area contributed by atoms with Gasteiger partial charge in [-0.1, -0.05) is 20.8 Å². The summed E-state index contributed by atoms with van der Waals surface area (Å²) in [6.07, 6.45) is -3.81. The van der Waals surface area contributed by atoms with Crippen LogP contribution in [-0.4, -0.2) is 30.7 Å². The van der Waals surface area contributed by atoms with Crippen molar-refractivity contribution in [3.63, 3.8) is 0 Å². The number of hydrogen-bond acceptors (Lipinski definition) is 2. The van der Waals surface area contributed by atoms with E-state index in [2.05, 4.69) is 10.6 Å². The lowest BCUT2D eigenvalue weighted by molar-refractivity contribution is -0.161. The van der Waals surface area contributed by atoms with Gasteiger partial charge in [0.15, 0.2) is 0 Å². The molecule has 1 heterocycles. The molecule has 18 heavy (non-hydrogen) atoms. The summed E-state index contributed by atoms with van der Waals surface area (Å²) < 4.78 is 37.2. The number of nitrogens with one attached hydrogen (secondary N) is 2. The van der Waals surface area contributed by atoms with Crippen LogP contribution in [0.3, 0.4) is 0 Å². The SMILES string of the molecule is CC(C)C(C)C(=O)NC1CCC(C(F)(F)F)NC1. The van der Waals surface area contributed by atoms with E-state index in [1.165, 1.54) is 0 Å². The molecule has 1 aliphatic heterocycles. The third kappa shape index (κ3) is 4.15. The minimum Gasteiger partial charge on any atom is -0.352 e. The smallest absolute Gasteiger partial charge is 0.352 e. The van der Waals surface area contributed by atoms with Gasteiger partial charge in [-0.05, 0) is 18.8 Å². The minimum absolute atomic E-state index is 0.0184. The third-order valence-corrected chi connectivity index (χ3v) is 3.57. The first-order chi connectivity index (χ1) is 8.21. The highest BCUT2D eigenvalue weighted by Gasteiger charge is 2.41. The van der Waals surface area contributed by atoms with Gasteiger partial charge in [0, 0.05) is 18.5 Å². The van der Waals surface area contributed by atoms with Crippen LogP contribution in [0.2, 0.25) is 0 Å². The Bertz CT molecular complexity index is 284. The van der Waals surface area contributed by atoms with E-state index in [4.69, 9.17) is 0 Å². The van der Waals surface area contributed by atoms with Crippen LogP contribution in [0.25, 0.3) is 0 Å². The highest BCUT2D eigenvalue weighted by Crippen LogP contribution is 2.26. The Morgan fingerprint density at radius 1 is 1.28 bits per heavy atom. The zero-order chi connectivity index (χ0) is 13.9. The molecule has 1 amide bonds. The number of carbonyl (C=O) groups is 1. The zero-order valence-corrected chi connectivity index (χ0v) is 11.0. The first-order valence-corrected chi connectivity index (χ1v) is 6.32. The van der Waals surface area contributed by atoms with E-state index in [-0.39, 0.29) is 36.8 Å². The van der Waals surface area contributed by atoms with Crippen molar-refractivity contribution in [2.24, 2.45) is 11.8 Å². The highest BCUT2D eigenvalue weighted by molar-refractivity contribution is 5.78. The average Bonchev–Trinajstić information content (AvgIpc) is 2.27. The van der Waals surface area contributed by atoms with Gasteiger partial charge in [-0.15, -0.1) is 0 Å². The summed E-state index contributed by atoms with van der Waals surface area (Å²) >= 11 is 0. The second-order valence-electron chi connectivity index (χ2n) is 5.32. The molecule has 6 heteroatoms. The van der Waals surface area contributed by atoms with Crippen molar-refractivity contribution in [1.82, 2.24) is 10.6 Å². The van der Waals surface area contributed by atoms with Crippen LogP contribution in [0.4, 0.5) is 13.2 Å². The molecule has 0 aliphatic carbocycles. The van der Waals surface area contributed by atoms with E-state index >= 15 is 0 Å². The van der Waals surface area contributed by atoms with E-state index < -0.39 is 12.2 Å². The maximum Gasteiger partial charge on any atom is 0.403 e. The van der Waals surface area contributed by atoms with Crippen molar-refractivity contribution < 1.29 is 18.0 Å². The Morgan fingerprint density at radius 3 is 2.28 bits per heavy atom. The molecular weight excluding hydrogens is 245 g/mol. The monoisotopic (exact) mass is 266 g/mol. The summed E-state index contributed by atoms with van der Waals surface area (Å²) in [4.78, 5) is 11.8. The van der Waals surface area contributed by atoms with Crippen molar-refractivity contribution in [2.75, 3.05) is 6.54 Å². The Labute approximate surface area is 106 Å². The largest absolute Gasteiger partial charge is 0.403 e. The summed E-state index contributed by atoms with van der Waals surface area (Å²) in [7, 11) is 0. The van der Waals surface area contributed by atoms with Crippen molar-refractivity contribution in [3.05, 3.63) is 0 Å². The Hall–Kier alpha value is -0.780. The summed E-state index contributed by atoms with van der Waals surface area (Å²) in [5.74, 6) is 0.0251. The van der Waals surface area contributed by atoms with Gasteiger partial charge in [-0.3, -0.25) is 4.79 Å². The molecule has 0 spiro atoms. The molecule has 0 aromatic rings. The van der Waals surface area contributed by atoms with Crippen LogP contribution < -0.4 is 10.6 Å². The molecule has 1 fully saturated rings. The molecule has 0 bridgehead atoms. The maximum absolute atomic E-state index is 12.4. The fraction of sp³-hybridized carbons (Fsp3) is 0.917.